The molecule has 4 N–H and O–H groups in total. The zero-order valence-corrected chi connectivity index (χ0v) is 13.4. The van der Waals surface area contributed by atoms with Crippen LogP contribution in [0.5, 0.6) is 0 Å². The molecule has 1 aromatic carbocycles. The standard InChI is InChI=1S/C16H20F2N6/c1-20-12-4-5-24(9-12)15-7-14(22-16(19)23-15)21-8-10-6-11(17)2-3-13(10)18/h2-3,6-7,12,20H,4-5,8-9H2,1H3,(H3,19,21,22,23)/t12-/m1/s1. The molecule has 1 aliphatic heterocycles. The van der Waals surface area contributed by atoms with E-state index in [0.717, 1.165) is 43.5 Å². The Bertz CT molecular complexity index is 724. The summed E-state index contributed by atoms with van der Waals surface area (Å²) in [5.74, 6) is 0.396. The van der Waals surface area contributed by atoms with Crippen molar-refractivity contribution in [1.82, 2.24) is 15.3 Å². The second kappa shape index (κ2) is 6.96. The number of anilines is 3. The zero-order chi connectivity index (χ0) is 17.1. The molecule has 0 radical (unpaired) electrons. The van der Waals surface area contributed by atoms with Crippen molar-refractivity contribution in [1.29, 1.82) is 0 Å². The van der Waals surface area contributed by atoms with Gasteiger partial charge in [0.2, 0.25) is 5.95 Å². The lowest BCUT2D eigenvalue weighted by Gasteiger charge is -2.18. The van der Waals surface area contributed by atoms with Gasteiger partial charge in [0, 0.05) is 37.3 Å². The molecule has 1 saturated heterocycles. The van der Waals surface area contributed by atoms with Gasteiger partial charge in [-0.05, 0) is 31.7 Å². The van der Waals surface area contributed by atoms with Crippen molar-refractivity contribution in [2.75, 3.05) is 36.1 Å². The molecule has 1 aromatic heterocycles. The van der Waals surface area contributed by atoms with Gasteiger partial charge in [0.1, 0.15) is 23.3 Å². The van der Waals surface area contributed by atoms with Crippen LogP contribution in [0, 0.1) is 11.6 Å². The first-order chi connectivity index (χ1) is 11.5. The average Bonchev–Trinajstić information content (AvgIpc) is 3.04. The van der Waals surface area contributed by atoms with E-state index in [0.29, 0.717) is 11.9 Å². The summed E-state index contributed by atoms with van der Waals surface area (Å²) in [5.41, 5.74) is 6.01. The van der Waals surface area contributed by atoms with E-state index >= 15 is 0 Å². The van der Waals surface area contributed by atoms with Crippen LogP contribution in [-0.2, 0) is 6.54 Å². The van der Waals surface area contributed by atoms with Crippen molar-refractivity contribution in [2.24, 2.45) is 0 Å². The molecule has 24 heavy (non-hydrogen) atoms. The predicted molar refractivity (Wildman–Crippen MR) is 89.8 cm³/mol. The van der Waals surface area contributed by atoms with Gasteiger partial charge in [-0.1, -0.05) is 0 Å². The maximum atomic E-state index is 13.7. The van der Waals surface area contributed by atoms with Crippen LogP contribution in [0.3, 0.4) is 0 Å². The Labute approximate surface area is 139 Å². The van der Waals surface area contributed by atoms with Crippen LogP contribution in [0.2, 0.25) is 0 Å². The maximum Gasteiger partial charge on any atom is 0.223 e. The number of nitrogen functional groups attached to an aromatic ring is 1. The Morgan fingerprint density at radius 2 is 2.12 bits per heavy atom. The molecule has 0 aliphatic carbocycles. The van der Waals surface area contributed by atoms with Crippen molar-refractivity contribution in [3.8, 4) is 0 Å². The smallest absolute Gasteiger partial charge is 0.223 e. The monoisotopic (exact) mass is 334 g/mol. The fourth-order valence-electron chi connectivity index (χ4n) is 2.77. The lowest BCUT2D eigenvalue weighted by Crippen LogP contribution is -2.30. The van der Waals surface area contributed by atoms with Crippen molar-refractivity contribution in [3.05, 3.63) is 41.5 Å². The number of nitrogens with one attached hydrogen (secondary N) is 2. The molecule has 0 spiro atoms. The minimum atomic E-state index is -0.480. The molecule has 6 nitrogen and oxygen atoms in total. The highest BCUT2D eigenvalue weighted by molar-refractivity contribution is 5.53. The average molecular weight is 334 g/mol. The molecule has 0 bridgehead atoms. The van der Waals surface area contributed by atoms with Crippen LogP contribution in [0.25, 0.3) is 0 Å². The number of hydrogen-bond donors (Lipinski definition) is 3. The lowest BCUT2D eigenvalue weighted by molar-refractivity contribution is 0.587. The molecule has 2 heterocycles. The van der Waals surface area contributed by atoms with Crippen LogP contribution in [0.15, 0.2) is 24.3 Å². The van der Waals surface area contributed by atoms with Gasteiger partial charge in [-0.25, -0.2) is 8.78 Å². The van der Waals surface area contributed by atoms with E-state index < -0.39 is 11.6 Å². The fourth-order valence-corrected chi connectivity index (χ4v) is 2.77. The quantitative estimate of drug-likeness (QED) is 0.773. The maximum absolute atomic E-state index is 13.7. The Kier molecular flexibility index (Phi) is 4.75. The van der Waals surface area contributed by atoms with E-state index in [1.165, 1.54) is 0 Å². The van der Waals surface area contributed by atoms with Crippen molar-refractivity contribution < 1.29 is 8.78 Å². The lowest BCUT2D eigenvalue weighted by atomic mass is 10.2. The van der Waals surface area contributed by atoms with Crippen molar-refractivity contribution in [2.45, 2.75) is 19.0 Å². The van der Waals surface area contributed by atoms with Gasteiger partial charge in [-0.15, -0.1) is 0 Å². The molecule has 128 valence electrons. The van der Waals surface area contributed by atoms with E-state index in [1.807, 2.05) is 7.05 Å². The van der Waals surface area contributed by atoms with E-state index in [1.54, 1.807) is 6.07 Å². The van der Waals surface area contributed by atoms with Gasteiger partial charge in [-0.3, -0.25) is 0 Å². The molecule has 1 atom stereocenters. The highest BCUT2D eigenvalue weighted by Gasteiger charge is 2.22. The third kappa shape index (κ3) is 3.70. The van der Waals surface area contributed by atoms with E-state index in [4.69, 9.17) is 5.73 Å². The van der Waals surface area contributed by atoms with Gasteiger partial charge < -0.3 is 21.3 Å². The SMILES string of the molecule is CN[C@@H]1CCN(c2cc(NCc3cc(F)ccc3F)nc(N)n2)C1. The summed E-state index contributed by atoms with van der Waals surface area (Å²) in [7, 11) is 1.93. The molecular formula is C16H20F2N6. The first-order valence-corrected chi connectivity index (χ1v) is 7.79. The number of nitrogens with two attached hydrogens (primary N) is 1. The van der Waals surface area contributed by atoms with Crippen LogP contribution in [0.1, 0.15) is 12.0 Å². The number of halogens is 2. The number of likely N-dealkylation sites (N-methyl/N-ethyl adjacent to an activating group) is 1. The Morgan fingerprint density at radius 1 is 1.29 bits per heavy atom. The van der Waals surface area contributed by atoms with Crippen LogP contribution in [0.4, 0.5) is 26.4 Å². The van der Waals surface area contributed by atoms with Gasteiger partial charge in [0.25, 0.3) is 0 Å². The van der Waals surface area contributed by atoms with E-state index in [2.05, 4.69) is 25.5 Å². The normalized spacial score (nSPS) is 17.3. The highest BCUT2D eigenvalue weighted by atomic mass is 19.1. The highest BCUT2D eigenvalue weighted by Crippen LogP contribution is 2.22. The number of aromatic nitrogens is 2. The Hall–Kier alpha value is -2.48. The molecule has 0 amide bonds. The molecule has 1 aliphatic rings. The van der Waals surface area contributed by atoms with Crippen molar-refractivity contribution in [3.63, 3.8) is 0 Å². The van der Waals surface area contributed by atoms with Crippen LogP contribution < -0.4 is 21.3 Å². The molecule has 1 fully saturated rings. The molecular weight excluding hydrogens is 314 g/mol. The third-order valence-corrected chi connectivity index (χ3v) is 4.12. The number of hydrogen-bond acceptors (Lipinski definition) is 6. The zero-order valence-electron chi connectivity index (χ0n) is 13.4. The third-order valence-electron chi connectivity index (χ3n) is 4.12. The number of rotatable bonds is 5. The molecule has 8 heteroatoms. The first-order valence-electron chi connectivity index (χ1n) is 7.79. The summed E-state index contributed by atoms with van der Waals surface area (Å²) in [6.07, 6.45) is 1.03. The second-order valence-corrected chi connectivity index (χ2v) is 5.78. The second-order valence-electron chi connectivity index (χ2n) is 5.78. The van der Waals surface area contributed by atoms with E-state index in [-0.39, 0.29) is 18.1 Å². The van der Waals surface area contributed by atoms with Gasteiger partial charge in [0.15, 0.2) is 0 Å². The number of nitrogens with zero attached hydrogens (tertiary/aromatic N) is 3. The van der Waals surface area contributed by atoms with E-state index in [9.17, 15) is 8.78 Å². The summed E-state index contributed by atoms with van der Waals surface area (Å²) in [6.45, 7) is 1.82. The summed E-state index contributed by atoms with van der Waals surface area (Å²) in [6, 6.07) is 5.54. The summed E-state index contributed by atoms with van der Waals surface area (Å²) in [5, 5.41) is 6.22. The largest absolute Gasteiger partial charge is 0.368 e. The molecule has 2 aromatic rings. The number of benzene rings is 1. The first kappa shape index (κ1) is 16.4. The van der Waals surface area contributed by atoms with Crippen LogP contribution in [-0.4, -0.2) is 36.1 Å². The Balaban J connectivity index is 1.73. The van der Waals surface area contributed by atoms with Gasteiger partial charge in [0.05, 0.1) is 0 Å². The molecule has 0 saturated carbocycles. The predicted octanol–water partition coefficient (Wildman–Crippen LogP) is 1.75. The van der Waals surface area contributed by atoms with Crippen LogP contribution >= 0.6 is 0 Å². The molecule has 0 unspecified atom stereocenters. The van der Waals surface area contributed by atoms with Crippen molar-refractivity contribution >= 4 is 17.6 Å². The summed E-state index contributed by atoms with van der Waals surface area (Å²) >= 11 is 0. The minimum Gasteiger partial charge on any atom is -0.368 e. The molecule has 3 rings (SSSR count). The summed E-state index contributed by atoms with van der Waals surface area (Å²) in [4.78, 5) is 10.5. The van der Waals surface area contributed by atoms with Gasteiger partial charge >= 0.3 is 0 Å². The summed E-state index contributed by atoms with van der Waals surface area (Å²) < 4.78 is 26.9. The fraction of sp³-hybridized carbons (Fsp3) is 0.375. The minimum absolute atomic E-state index is 0.110. The topological polar surface area (TPSA) is 79.1 Å². The Morgan fingerprint density at radius 3 is 2.88 bits per heavy atom. The van der Waals surface area contributed by atoms with Gasteiger partial charge in [-0.2, -0.15) is 9.97 Å².